The molecule has 0 bridgehead atoms. The number of primary amides is 1. The molecule has 1 fully saturated rings. The minimum atomic E-state index is -0.214. The van der Waals surface area contributed by atoms with Crippen LogP contribution in [0.2, 0.25) is 0 Å². The zero-order chi connectivity index (χ0) is 10.1. The summed E-state index contributed by atoms with van der Waals surface area (Å²) in [6.45, 7) is 3.40. The van der Waals surface area contributed by atoms with E-state index in [0.29, 0.717) is 13.1 Å². The van der Waals surface area contributed by atoms with E-state index in [0.717, 1.165) is 11.4 Å². The monoisotopic (exact) mass is 227 g/mol. The van der Waals surface area contributed by atoms with E-state index >= 15 is 0 Å². The van der Waals surface area contributed by atoms with Gasteiger partial charge in [0.2, 0.25) is 5.91 Å². The summed E-state index contributed by atoms with van der Waals surface area (Å²) < 4.78 is 0. The number of nitrogens with zero attached hydrogens (tertiary/aromatic N) is 2. The summed E-state index contributed by atoms with van der Waals surface area (Å²) in [7, 11) is 0. The third-order valence-electron chi connectivity index (χ3n) is 2.50. The van der Waals surface area contributed by atoms with Crippen molar-refractivity contribution in [1.29, 1.82) is 0 Å². The number of carbonyl (C=O) groups is 1. The van der Waals surface area contributed by atoms with Crippen LogP contribution in [0.4, 0.5) is 5.82 Å². The third-order valence-corrected chi connectivity index (χ3v) is 2.50. The van der Waals surface area contributed by atoms with E-state index < -0.39 is 0 Å². The van der Waals surface area contributed by atoms with E-state index in [1.165, 1.54) is 0 Å². The largest absolute Gasteiger partial charge is 0.369 e. The van der Waals surface area contributed by atoms with E-state index in [2.05, 4.69) is 9.88 Å². The second-order valence-corrected chi connectivity index (χ2v) is 3.70. The maximum absolute atomic E-state index is 10.8. The van der Waals surface area contributed by atoms with Crippen LogP contribution < -0.4 is 10.6 Å². The minimum Gasteiger partial charge on any atom is -0.369 e. The van der Waals surface area contributed by atoms with Crippen LogP contribution in [0.3, 0.4) is 0 Å². The van der Waals surface area contributed by atoms with Gasteiger partial charge in [-0.1, -0.05) is 6.07 Å². The highest BCUT2D eigenvalue weighted by Gasteiger charge is 2.31. The summed E-state index contributed by atoms with van der Waals surface area (Å²) in [6, 6.07) is 3.98. The first-order chi connectivity index (χ1) is 6.66. The van der Waals surface area contributed by atoms with Crippen LogP contribution in [0.25, 0.3) is 0 Å². The molecule has 1 aromatic rings. The van der Waals surface area contributed by atoms with Gasteiger partial charge in [-0.05, 0) is 18.6 Å². The molecule has 0 atom stereocenters. The van der Waals surface area contributed by atoms with Gasteiger partial charge in [-0.15, -0.1) is 12.4 Å². The van der Waals surface area contributed by atoms with Crippen LogP contribution in [0.1, 0.15) is 5.56 Å². The zero-order valence-electron chi connectivity index (χ0n) is 8.51. The van der Waals surface area contributed by atoms with Crippen molar-refractivity contribution >= 4 is 24.1 Å². The predicted molar refractivity (Wildman–Crippen MR) is 61.1 cm³/mol. The van der Waals surface area contributed by atoms with Crippen molar-refractivity contribution in [1.82, 2.24) is 4.98 Å². The van der Waals surface area contributed by atoms with Gasteiger partial charge < -0.3 is 10.6 Å². The molecule has 0 radical (unpaired) electrons. The number of nitrogens with two attached hydrogens (primary N) is 1. The summed E-state index contributed by atoms with van der Waals surface area (Å²) in [5.41, 5.74) is 6.32. The summed E-state index contributed by atoms with van der Waals surface area (Å²) in [5, 5.41) is 0. The molecule has 0 aliphatic carbocycles. The quantitative estimate of drug-likeness (QED) is 0.811. The Labute approximate surface area is 94.9 Å². The number of anilines is 1. The lowest BCUT2D eigenvalue weighted by Crippen LogP contribution is -2.52. The molecular formula is C10H14ClN3O. The van der Waals surface area contributed by atoms with E-state index in [9.17, 15) is 4.79 Å². The molecule has 0 spiro atoms. The second kappa shape index (κ2) is 4.49. The summed E-state index contributed by atoms with van der Waals surface area (Å²) >= 11 is 0. The van der Waals surface area contributed by atoms with E-state index in [-0.39, 0.29) is 24.2 Å². The van der Waals surface area contributed by atoms with Gasteiger partial charge in [-0.2, -0.15) is 0 Å². The molecule has 5 heteroatoms. The molecule has 0 saturated carbocycles. The molecule has 1 saturated heterocycles. The lowest BCUT2D eigenvalue weighted by atomic mass is 10.00. The highest BCUT2D eigenvalue weighted by atomic mass is 35.5. The number of aromatic nitrogens is 1. The smallest absolute Gasteiger partial charge is 0.224 e. The first-order valence-corrected chi connectivity index (χ1v) is 4.64. The maximum Gasteiger partial charge on any atom is 0.224 e. The van der Waals surface area contributed by atoms with Gasteiger partial charge in [0.05, 0.1) is 5.92 Å². The molecule has 2 heterocycles. The first-order valence-electron chi connectivity index (χ1n) is 4.64. The van der Waals surface area contributed by atoms with Gasteiger partial charge in [0.1, 0.15) is 5.82 Å². The van der Waals surface area contributed by atoms with Crippen LogP contribution >= 0.6 is 12.4 Å². The molecule has 4 nitrogen and oxygen atoms in total. The van der Waals surface area contributed by atoms with Crippen LogP contribution in [0.15, 0.2) is 18.3 Å². The molecule has 15 heavy (non-hydrogen) atoms. The Morgan fingerprint density at radius 2 is 2.20 bits per heavy atom. The maximum atomic E-state index is 10.8. The average molecular weight is 228 g/mol. The van der Waals surface area contributed by atoms with Crippen molar-refractivity contribution in [3.63, 3.8) is 0 Å². The van der Waals surface area contributed by atoms with E-state index in [1.54, 1.807) is 0 Å². The Morgan fingerprint density at radius 3 is 2.67 bits per heavy atom. The average Bonchev–Trinajstić information content (AvgIpc) is 2.05. The number of halogens is 1. The molecule has 1 aliphatic heterocycles. The Kier molecular flexibility index (Phi) is 3.52. The molecule has 2 N–H and O–H groups in total. The Bertz CT molecular complexity index is 346. The van der Waals surface area contributed by atoms with Gasteiger partial charge in [0.25, 0.3) is 0 Å². The molecular weight excluding hydrogens is 214 g/mol. The highest BCUT2D eigenvalue weighted by molar-refractivity contribution is 5.85. The number of hydrogen-bond acceptors (Lipinski definition) is 3. The number of amides is 1. The van der Waals surface area contributed by atoms with E-state index in [4.69, 9.17) is 5.73 Å². The van der Waals surface area contributed by atoms with Crippen LogP contribution in [0, 0.1) is 12.8 Å². The Morgan fingerprint density at radius 1 is 1.53 bits per heavy atom. The fourth-order valence-corrected chi connectivity index (χ4v) is 1.49. The standard InChI is InChI=1S/C10H13N3O.ClH/c1-7-2-3-9(12-4-7)13-5-8(6-13)10(11)14;/h2-4,8H,5-6H2,1H3,(H2,11,14);1H. The summed E-state index contributed by atoms with van der Waals surface area (Å²) in [6.07, 6.45) is 1.83. The number of hydrogen-bond donors (Lipinski definition) is 1. The van der Waals surface area contributed by atoms with Crippen molar-refractivity contribution < 1.29 is 4.79 Å². The van der Waals surface area contributed by atoms with Crippen molar-refractivity contribution in [2.75, 3.05) is 18.0 Å². The van der Waals surface area contributed by atoms with Crippen molar-refractivity contribution in [2.24, 2.45) is 11.7 Å². The SMILES string of the molecule is Cc1ccc(N2CC(C(N)=O)C2)nc1.Cl. The van der Waals surface area contributed by atoms with Crippen LogP contribution in [-0.2, 0) is 4.79 Å². The Balaban J connectivity index is 0.00000112. The number of rotatable bonds is 2. The lowest BCUT2D eigenvalue weighted by molar-refractivity contribution is -0.122. The van der Waals surface area contributed by atoms with Gasteiger partial charge >= 0.3 is 0 Å². The molecule has 1 amide bonds. The number of pyridine rings is 1. The first kappa shape index (κ1) is 11.8. The number of aryl methyl sites for hydroxylation is 1. The topological polar surface area (TPSA) is 59.2 Å². The molecule has 0 aromatic carbocycles. The van der Waals surface area contributed by atoms with Crippen molar-refractivity contribution in [3.05, 3.63) is 23.9 Å². The van der Waals surface area contributed by atoms with Crippen LogP contribution in [-0.4, -0.2) is 24.0 Å². The van der Waals surface area contributed by atoms with Gasteiger partial charge in [0.15, 0.2) is 0 Å². The zero-order valence-corrected chi connectivity index (χ0v) is 9.33. The lowest BCUT2D eigenvalue weighted by Gasteiger charge is -2.38. The van der Waals surface area contributed by atoms with Crippen LogP contribution in [0.5, 0.6) is 0 Å². The van der Waals surface area contributed by atoms with Crippen molar-refractivity contribution in [3.8, 4) is 0 Å². The number of carbonyl (C=O) groups excluding carboxylic acids is 1. The predicted octanol–water partition coefficient (Wildman–Crippen LogP) is 0.733. The molecule has 1 aliphatic rings. The normalized spacial score (nSPS) is 15.4. The summed E-state index contributed by atoms with van der Waals surface area (Å²) in [5.74, 6) is 0.708. The van der Waals surface area contributed by atoms with Crippen molar-refractivity contribution in [2.45, 2.75) is 6.92 Å². The van der Waals surface area contributed by atoms with Gasteiger partial charge in [-0.3, -0.25) is 4.79 Å². The summed E-state index contributed by atoms with van der Waals surface area (Å²) in [4.78, 5) is 17.1. The minimum absolute atomic E-state index is 0. The fraction of sp³-hybridized carbons (Fsp3) is 0.400. The third kappa shape index (κ3) is 2.39. The fourth-order valence-electron chi connectivity index (χ4n) is 1.49. The second-order valence-electron chi connectivity index (χ2n) is 3.70. The van der Waals surface area contributed by atoms with E-state index in [1.807, 2.05) is 25.3 Å². The Hall–Kier alpha value is -1.29. The molecule has 82 valence electrons. The molecule has 0 unspecified atom stereocenters. The van der Waals surface area contributed by atoms with Gasteiger partial charge in [0, 0.05) is 19.3 Å². The van der Waals surface area contributed by atoms with Gasteiger partial charge in [-0.25, -0.2) is 4.98 Å². The highest BCUT2D eigenvalue weighted by Crippen LogP contribution is 2.22. The molecule has 1 aromatic heterocycles. The molecule has 2 rings (SSSR count).